The average molecular weight is 366 g/mol. The molecule has 2 heterocycles. The third-order valence-electron chi connectivity index (χ3n) is 4.91. The van der Waals surface area contributed by atoms with Crippen molar-refractivity contribution in [1.82, 2.24) is 9.97 Å². The van der Waals surface area contributed by atoms with Gasteiger partial charge in [0.25, 0.3) is 5.56 Å². The second kappa shape index (κ2) is 7.31. The highest BCUT2D eigenvalue weighted by molar-refractivity contribution is 5.87. The number of hydrogen-bond donors (Lipinski definition) is 1. The first-order valence-corrected chi connectivity index (χ1v) is 9.02. The molecule has 4 rings (SSSR count). The molecule has 0 amide bonds. The number of piperidine rings is 1. The maximum Gasteiger partial charge on any atom is 0.262 e. The molecule has 27 heavy (non-hydrogen) atoms. The zero-order valence-corrected chi connectivity index (χ0v) is 15.5. The Kier molecular flexibility index (Phi) is 4.38. The second-order valence-corrected chi connectivity index (χ2v) is 6.54. The molecule has 0 aliphatic carbocycles. The van der Waals surface area contributed by atoms with E-state index >= 15 is 0 Å². The van der Waals surface area contributed by atoms with Crippen LogP contribution >= 0.6 is 0 Å². The normalized spacial score (nSPS) is 15.6. The van der Waals surface area contributed by atoms with E-state index in [1.54, 1.807) is 19.2 Å². The number of rotatable bonds is 4. The van der Waals surface area contributed by atoms with E-state index in [-0.39, 0.29) is 12.0 Å². The van der Waals surface area contributed by atoms with Gasteiger partial charge >= 0.3 is 0 Å². The van der Waals surface area contributed by atoms with Crippen molar-refractivity contribution in [2.24, 2.45) is 0 Å². The molecule has 0 spiro atoms. The van der Waals surface area contributed by atoms with E-state index in [0.717, 1.165) is 37.2 Å². The molecule has 1 N–H and O–H groups in total. The monoisotopic (exact) mass is 366 g/mol. The van der Waals surface area contributed by atoms with E-state index < -0.39 is 0 Å². The Morgan fingerprint density at radius 3 is 2.52 bits per heavy atom. The number of benzene rings is 2. The standard InChI is InChI=1S/C21H23N3O3/c1-26-16-12-17-19(18(13-16)27-2)21(25)23-20(22-17)14-6-8-15(9-7-14)24-10-4-3-5-11-24/h6-9,12-13H,3-5,10-11H2,1-2H3,(H,22,23,25)/i3D. The van der Waals surface area contributed by atoms with E-state index in [1.165, 1.54) is 7.11 Å². The molecule has 0 radical (unpaired) electrons. The largest absolute Gasteiger partial charge is 0.497 e. The summed E-state index contributed by atoms with van der Waals surface area (Å²) in [7, 11) is 3.08. The smallest absolute Gasteiger partial charge is 0.262 e. The van der Waals surface area contributed by atoms with Crippen molar-refractivity contribution in [3.05, 3.63) is 46.8 Å². The molecule has 1 aliphatic heterocycles. The van der Waals surface area contributed by atoms with Crippen LogP contribution < -0.4 is 19.9 Å². The van der Waals surface area contributed by atoms with Gasteiger partial charge in [0.2, 0.25) is 0 Å². The van der Waals surface area contributed by atoms with Gasteiger partial charge in [-0.1, -0.05) is 0 Å². The van der Waals surface area contributed by atoms with Crippen molar-refractivity contribution in [2.75, 3.05) is 32.2 Å². The lowest BCUT2D eigenvalue weighted by atomic mass is 10.1. The first kappa shape index (κ1) is 16.2. The van der Waals surface area contributed by atoms with Gasteiger partial charge in [-0.2, -0.15) is 0 Å². The van der Waals surface area contributed by atoms with E-state index in [9.17, 15) is 4.79 Å². The predicted molar refractivity (Wildman–Crippen MR) is 107 cm³/mol. The summed E-state index contributed by atoms with van der Waals surface area (Å²) in [6.07, 6.45) is 1.84. The van der Waals surface area contributed by atoms with Crippen LogP contribution in [0.1, 0.15) is 20.6 Å². The molecule has 0 atom stereocenters. The highest BCUT2D eigenvalue weighted by Crippen LogP contribution is 2.29. The zero-order chi connectivity index (χ0) is 19.7. The second-order valence-electron chi connectivity index (χ2n) is 6.54. The van der Waals surface area contributed by atoms with Gasteiger partial charge in [0, 0.05) is 37.8 Å². The van der Waals surface area contributed by atoms with Crippen LogP contribution in [0.25, 0.3) is 22.3 Å². The van der Waals surface area contributed by atoms with Crippen molar-refractivity contribution in [2.45, 2.75) is 19.2 Å². The molecule has 1 fully saturated rings. The van der Waals surface area contributed by atoms with Gasteiger partial charge in [-0.25, -0.2) is 4.98 Å². The average Bonchev–Trinajstić information content (AvgIpc) is 2.73. The SMILES string of the molecule is [2H]C1CCN(c2ccc(-c3nc4cc(OC)cc(OC)c4c(=O)[nH]3)cc2)CC1. The predicted octanol–water partition coefficient (Wildman–Crippen LogP) is 3.60. The van der Waals surface area contributed by atoms with Crippen molar-refractivity contribution in [1.29, 1.82) is 0 Å². The summed E-state index contributed by atoms with van der Waals surface area (Å²) in [5.41, 5.74) is 2.24. The third-order valence-corrected chi connectivity index (χ3v) is 4.91. The lowest BCUT2D eigenvalue weighted by Crippen LogP contribution is -2.29. The van der Waals surface area contributed by atoms with E-state index in [1.807, 2.05) is 24.3 Å². The van der Waals surface area contributed by atoms with Crippen molar-refractivity contribution in [3.8, 4) is 22.9 Å². The number of hydrogen-bond acceptors (Lipinski definition) is 5. The fraction of sp³-hybridized carbons (Fsp3) is 0.333. The summed E-state index contributed by atoms with van der Waals surface area (Å²) < 4.78 is 18.4. The highest BCUT2D eigenvalue weighted by atomic mass is 16.5. The molecule has 6 nitrogen and oxygen atoms in total. The zero-order valence-electron chi connectivity index (χ0n) is 16.5. The number of ether oxygens (including phenoxy) is 2. The minimum Gasteiger partial charge on any atom is -0.497 e. The van der Waals surface area contributed by atoms with E-state index in [4.69, 9.17) is 10.8 Å². The Labute approximate surface area is 159 Å². The quantitative estimate of drug-likeness (QED) is 0.764. The Hall–Kier alpha value is -3.02. The van der Waals surface area contributed by atoms with Gasteiger partial charge in [-0.3, -0.25) is 4.79 Å². The molecule has 0 unspecified atom stereocenters. The molecule has 3 aromatic rings. The number of methoxy groups -OCH3 is 2. The molecule has 2 aromatic carbocycles. The number of aromatic amines is 1. The van der Waals surface area contributed by atoms with Crippen LogP contribution in [0, 0.1) is 0 Å². The first-order chi connectivity index (χ1) is 13.6. The van der Waals surface area contributed by atoms with Crippen LogP contribution in [0.3, 0.4) is 0 Å². The number of nitrogens with zero attached hydrogens (tertiary/aromatic N) is 2. The molecule has 6 heteroatoms. The molecular weight excluding hydrogens is 342 g/mol. The van der Waals surface area contributed by atoms with E-state index in [2.05, 4.69) is 14.9 Å². The maximum absolute atomic E-state index is 12.7. The molecule has 0 bridgehead atoms. The van der Waals surface area contributed by atoms with Gasteiger partial charge in [-0.15, -0.1) is 0 Å². The van der Waals surface area contributed by atoms with Crippen molar-refractivity contribution >= 4 is 16.6 Å². The molecule has 140 valence electrons. The van der Waals surface area contributed by atoms with Crippen LogP contribution in [0.4, 0.5) is 5.69 Å². The summed E-state index contributed by atoms with van der Waals surface area (Å²) in [4.78, 5) is 22.4. The Morgan fingerprint density at radius 2 is 1.85 bits per heavy atom. The van der Waals surface area contributed by atoms with Gasteiger partial charge in [0.05, 0.1) is 19.7 Å². The Bertz CT molecular complexity index is 1040. The minimum atomic E-state index is -0.249. The van der Waals surface area contributed by atoms with Crippen molar-refractivity contribution in [3.63, 3.8) is 0 Å². The fourth-order valence-corrected chi connectivity index (χ4v) is 3.47. The maximum atomic E-state index is 12.7. The van der Waals surface area contributed by atoms with Gasteiger partial charge < -0.3 is 19.4 Å². The summed E-state index contributed by atoms with van der Waals surface area (Å²) in [5.74, 6) is 1.52. The van der Waals surface area contributed by atoms with Crippen molar-refractivity contribution < 1.29 is 10.8 Å². The Morgan fingerprint density at radius 1 is 1.11 bits per heavy atom. The first-order valence-electron chi connectivity index (χ1n) is 9.60. The lowest BCUT2D eigenvalue weighted by Gasteiger charge is -2.28. The lowest BCUT2D eigenvalue weighted by molar-refractivity contribution is 0.397. The molecule has 1 aliphatic rings. The number of anilines is 1. The van der Waals surface area contributed by atoms with Gasteiger partial charge in [0.15, 0.2) is 0 Å². The Balaban J connectivity index is 1.70. The summed E-state index contributed by atoms with van der Waals surface area (Å²) in [5, 5.41) is 0.405. The molecule has 1 aromatic heterocycles. The summed E-state index contributed by atoms with van der Waals surface area (Å²) in [6, 6.07) is 11.4. The van der Waals surface area contributed by atoms with Gasteiger partial charge in [-0.05, 0) is 43.5 Å². The number of aromatic nitrogens is 2. The van der Waals surface area contributed by atoms with Gasteiger partial charge in [0.1, 0.15) is 22.7 Å². The third kappa shape index (κ3) is 3.35. The van der Waals surface area contributed by atoms with E-state index in [0.29, 0.717) is 28.2 Å². The highest BCUT2D eigenvalue weighted by Gasteiger charge is 2.14. The number of fused-ring (bicyclic) bond motifs is 1. The van der Waals surface area contributed by atoms with Crippen LogP contribution in [0.5, 0.6) is 11.5 Å². The summed E-state index contributed by atoms with van der Waals surface area (Å²) in [6.45, 7) is 1.80. The summed E-state index contributed by atoms with van der Waals surface area (Å²) >= 11 is 0. The van der Waals surface area contributed by atoms with Crippen LogP contribution in [0.15, 0.2) is 41.2 Å². The molecule has 0 saturated carbocycles. The molecule has 1 saturated heterocycles. The fourth-order valence-electron chi connectivity index (χ4n) is 3.47. The van der Waals surface area contributed by atoms with Crippen LogP contribution in [-0.2, 0) is 0 Å². The number of H-pyrrole nitrogens is 1. The minimum absolute atomic E-state index is 0.0522. The number of nitrogens with one attached hydrogen (secondary N) is 1. The molecular formula is C21H23N3O3. The topological polar surface area (TPSA) is 67.5 Å². The van der Waals surface area contributed by atoms with Crippen LogP contribution in [-0.4, -0.2) is 37.3 Å². The van der Waals surface area contributed by atoms with Crippen LogP contribution in [0.2, 0.25) is 0 Å².